The molecule has 2 unspecified atom stereocenters. The summed E-state index contributed by atoms with van der Waals surface area (Å²) in [6.45, 7) is 3.51. The van der Waals surface area contributed by atoms with Gasteiger partial charge >= 0.3 is 19.8 Å². The highest BCUT2D eigenvalue weighted by Gasteiger charge is 2.26. The Bertz CT molecular complexity index is 1360. The fourth-order valence-electron chi connectivity index (χ4n) is 5.70. The summed E-state index contributed by atoms with van der Waals surface area (Å²) >= 11 is 0. The number of hydrogen-bond donors (Lipinski definition) is 2. The number of hydrogen-bond acceptors (Lipinski definition) is 8. The molecule has 9 nitrogen and oxygen atoms in total. The van der Waals surface area contributed by atoms with Gasteiger partial charge in [-0.25, -0.2) is 4.57 Å². The summed E-state index contributed by atoms with van der Waals surface area (Å²) in [7, 11) is -4.40. The quantitative estimate of drug-likeness (QED) is 0.0266. The average Bonchev–Trinajstić information content (AvgIpc) is 3.25. The predicted molar refractivity (Wildman–Crippen MR) is 256 cm³/mol. The average molecular weight is 870 g/mol. The molecule has 0 aromatic carbocycles. The summed E-state index contributed by atoms with van der Waals surface area (Å²) in [5.74, 6) is -0.894. The van der Waals surface area contributed by atoms with E-state index >= 15 is 0 Å². The van der Waals surface area contributed by atoms with Gasteiger partial charge < -0.3 is 20.1 Å². The molecule has 346 valence electrons. The highest BCUT2D eigenvalue weighted by molar-refractivity contribution is 7.47. The second kappa shape index (κ2) is 46.2. The summed E-state index contributed by atoms with van der Waals surface area (Å²) in [6, 6.07) is 0. The second-order valence-electron chi connectivity index (χ2n) is 14.9. The standard InChI is InChI=1S/C51H84NO8P/c1-3-5-7-9-11-13-15-17-19-20-21-22-23-24-25-26-27-28-30-32-34-36-38-40-42-44-51(54)60-49(48-59-61(55,56)58-46-45-52)47-57-50(53)43-41-39-37-35-33-31-29-18-16-14-12-10-8-6-4-2/h5,7,11-14,17-19,21-22,24-25,27-29,32,34,49H,3-4,6,8-10,15-16,20,23,26,30-31,33,35-48,52H2,1-2H3,(H,55,56)/b7-5-,13-11-,14-12-,19-17-,22-21-,25-24-,28-27-,29-18-,34-32-. The van der Waals surface area contributed by atoms with Crippen molar-refractivity contribution in [2.45, 2.75) is 174 Å². The van der Waals surface area contributed by atoms with Crippen LogP contribution in [0.1, 0.15) is 168 Å². The molecule has 2 atom stereocenters. The van der Waals surface area contributed by atoms with Crippen LogP contribution in [0, 0.1) is 0 Å². The fourth-order valence-corrected chi connectivity index (χ4v) is 6.47. The molecule has 61 heavy (non-hydrogen) atoms. The van der Waals surface area contributed by atoms with E-state index in [0.717, 1.165) is 103 Å². The van der Waals surface area contributed by atoms with E-state index in [4.69, 9.17) is 24.3 Å². The minimum absolute atomic E-state index is 0.0391. The van der Waals surface area contributed by atoms with Crippen molar-refractivity contribution in [2.75, 3.05) is 26.4 Å². The van der Waals surface area contributed by atoms with Crippen molar-refractivity contribution in [3.8, 4) is 0 Å². The van der Waals surface area contributed by atoms with E-state index in [-0.39, 0.29) is 32.6 Å². The summed E-state index contributed by atoms with van der Waals surface area (Å²) in [4.78, 5) is 34.9. The maximum Gasteiger partial charge on any atom is 0.472 e. The van der Waals surface area contributed by atoms with Crippen molar-refractivity contribution in [1.82, 2.24) is 0 Å². The molecule has 0 amide bonds. The number of nitrogens with two attached hydrogens (primary N) is 1. The maximum absolute atomic E-state index is 12.6. The van der Waals surface area contributed by atoms with Gasteiger partial charge in [0.15, 0.2) is 6.10 Å². The van der Waals surface area contributed by atoms with Gasteiger partial charge in [0.25, 0.3) is 0 Å². The zero-order chi connectivity index (χ0) is 44.6. The highest BCUT2D eigenvalue weighted by Crippen LogP contribution is 2.43. The van der Waals surface area contributed by atoms with E-state index in [0.29, 0.717) is 12.8 Å². The van der Waals surface area contributed by atoms with Crippen LogP contribution >= 0.6 is 7.82 Å². The zero-order valence-corrected chi connectivity index (χ0v) is 39.0. The lowest BCUT2D eigenvalue weighted by atomic mass is 10.1. The lowest BCUT2D eigenvalue weighted by molar-refractivity contribution is -0.161. The zero-order valence-electron chi connectivity index (χ0n) is 38.1. The Morgan fingerprint density at radius 3 is 1.36 bits per heavy atom. The molecule has 0 rings (SSSR count). The van der Waals surface area contributed by atoms with Gasteiger partial charge in [0.1, 0.15) is 6.61 Å². The Morgan fingerprint density at radius 2 is 0.902 bits per heavy atom. The molecular formula is C51H84NO8P. The molecule has 0 saturated carbocycles. The lowest BCUT2D eigenvalue weighted by Crippen LogP contribution is -2.29. The van der Waals surface area contributed by atoms with E-state index in [1.54, 1.807) is 0 Å². The molecule has 10 heteroatoms. The number of esters is 2. The molecule has 0 spiro atoms. The Hall–Kier alpha value is -3.33. The van der Waals surface area contributed by atoms with Gasteiger partial charge in [-0.05, 0) is 103 Å². The van der Waals surface area contributed by atoms with E-state index < -0.39 is 32.5 Å². The van der Waals surface area contributed by atoms with Crippen molar-refractivity contribution >= 4 is 19.8 Å². The maximum atomic E-state index is 12.6. The topological polar surface area (TPSA) is 134 Å². The number of carbonyl (C=O) groups is 2. The Labute approximate surface area is 371 Å². The molecule has 0 aromatic rings. The number of unbranched alkanes of at least 4 members (excludes halogenated alkanes) is 11. The van der Waals surface area contributed by atoms with Crippen molar-refractivity contribution in [3.63, 3.8) is 0 Å². The monoisotopic (exact) mass is 870 g/mol. The Morgan fingerprint density at radius 1 is 0.508 bits per heavy atom. The van der Waals surface area contributed by atoms with Crippen LogP contribution in [-0.2, 0) is 32.7 Å². The normalized spacial score (nSPS) is 14.2. The van der Waals surface area contributed by atoms with E-state index in [1.165, 1.54) is 25.7 Å². The number of phosphoric ester groups is 1. The first-order valence-corrected chi connectivity index (χ1v) is 24.9. The third-order valence-electron chi connectivity index (χ3n) is 9.14. The predicted octanol–water partition coefficient (Wildman–Crippen LogP) is 13.9. The first kappa shape index (κ1) is 57.7. The number of carbonyl (C=O) groups excluding carboxylic acids is 2. The van der Waals surface area contributed by atoms with Crippen LogP contribution in [0.5, 0.6) is 0 Å². The minimum Gasteiger partial charge on any atom is -0.462 e. The highest BCUT2D eigenvalue weighted by atomic mass is 31.2. The van der Waals surface area contributed by atoms with E-state index in [9.17, 15) is 19.0 Å². The summed E-state index contributed by atoms with van der Waals surface area (Å²) in [5, 5.41) is 0. The fraction of sp³-hybridized carbons (Fsp3) is 0.608. The molecule has 0 heterocycles. The van der Waals surface area contributed by atoms with Crippen LogP contribution in [-0.4, -0.2) is 49.3 Å². The van der Waals surface area contributed by atoms with Crippen molar-refractivity contribution in [2.24, 2.45) is 5.73 Å². The molecule has 0 fully saturated rings. The smallest absolute Gasteiger partial charge is 0.462 e. The van der Waals surface area contributed by atoms with Gasteiger partial charge in [-0.15, -0.1) is 0 Å². The van der Waals surface area contributed by atoms with Gasteiger partial charge in [0.2, 0.25) is 0 Å². The number of allylic oxidation sites excluding steroid dienone is 18. The number of ether oxygens (including phenoxy) is 2. The van der Waals surface area contributed by atoms with Crippen molar-refractivity contribution in [1.29, 1.82) is 0 Å². The largest absolute Gasteiger partial charge is 0.472 e. The number of rotatable bonds is 42. The molecule has 0 aliphatic rings. The van der Waals surface area contributed by atoms with Crippen LogP contribution < -0.4 is 5.73 Å². The third-order valence-corrected chi connectivity index (χ3v) is 10.1. The molecule has 0 aliphatic heterocycles. The van der Waals surface area contributed by atoms with Gasteiger partial charge in [-0.1, -0.05) is 162 Å². The summed E-state index contributed by atoms with van der Waals surface area (Å²) in [6.07, 6.45) is 61.2. The molecule has 0 bridgehead atoms. The minimum atomic E-state index is -4.40. The van der Waals surface area contributed by atoms with Gasteiger partial charge in [-0.2, -0.15) is 0 Å². The molecule has 0 radical (unpaired) electrons. The summed E-state index contributed by atoms with van der Waals surface area (Å²) in [5.41, 5.74) is 5.35. The van der Waals surface area contributed by atoms with Gasteiger partial charge in [0.05, 0.1) is 13.2 Å². The molecule has 0 aliphatic carbocycles. The van der Waals surface area contributed by atoms with Crippen molar-refractivity contribution < 1.29 is 37.6 Å². The van der Waals surface area contributed by atoms with Crippen LogP contribution in [0.15, 0.2) is 109 Å². The van der Waals surface area contributed by atoms with Crippen LogP contribution in [0.4, 0.5) is 0 Å². The van der Waals surface area contributed by atoms with Crippen LogP contribution in [0.3, 0.4) is 0 Å². The summed E-state index contributed by atoms with van der Waals surface area (Å²) < 4.78 is 32.8. The lowest BCUT2D eigenvalue weighted by Gasteiger charge is -2.19. The van der Waals surface area contributed by atoms with E-state index in [1.807, 2.05) is 0 Å². The van der Waals surface area contributed by atoms with Crippen LogP contribution in [0.25, 0.3) is 0 Å². The molecule has 0 aromatic heterocycles. The first-order valence-electron chi connectivity index (χ1n) is 23.4. The second-order valence-corrected chi connectivity index (χ2v) is 16.3. The first-order chi connectivity index (χ1) is 29.8. The SMILES string of the molecule is CC/C=C\C/C=C\C/C=C\C/C=C\C/C=C\C/C=C\C/C=C\CCCCCC(=O)OC(COC(=O)CCCCCCC/C=C\C/C=C\CCCCC)COP(=O)(O)OCCN. The van der Waals surface area contributed by atoms with Gasteiger partial charge in [-0.3, -0.25) is 18.6 Å². The van der Waals surface area contributed by atoms with Crippen LogP contribution in [0.2, 0.25) is 0 Å². The van der Waals surface area contributed by atoms with E-state index in [2.05, 4.69) is 123 Å². The van der Waals surface area contributed by atoms with Crippen molar-refractivity contribution in [3.05, 3.63) is 109 Å². The van der Waals surface area contributed by atoms with Gasteiger partial charge in [0, 0.05) is 19.4 Å². The molecule has 3 N–H and O–H groups in total. The molecule has 0 saturated heterocycles. The number of phosphoric acid groups is 1. The third kappa shape index (κ3) is 46.0. The molecular weight excluding hydrogens is 786 g/mol. The Kier molecular flexibility index (Phi) is 43.7. The Balaban J connectivity index is 4.24.